The number of likely N-dealkylation sites (tertiary alicyclic amines) is 1. The number of carbonyl (C=O) groups is 2. The van der Waals surface area contributed by atoms with E-state index < -0.39 is 11.9 Å². The minimum absolute atomic E-state index is 0.0845. The highest BCUT2D eigenvalue weighted by molar-refractivity contribution is 6.32. The van der Waals surface area contributed by atoms with Crippen LogP contribution in [-0.4, -0.2) is 23.3 Å². The first kappa shape index (κ1) is 15.6. The van der Waals surface area contributed by atoms with Gasteiger partial charge in [-0.25, -0.2) is 0 Å². The molecule has 2 aromatic rings. The molecule has 5 nitrogen and oxygen atoms in total. The zero-order valence-electron chi connectivity index (χ0n) is 12.6. The second kappa shape index (κ2) is 6.46. The molecule has 2 heterocycles. The van der Waals surface area contributed by atoms with E-state index >= 15 is 0 Å². The Morgan fingerprint density at radius 2 is 2.26 bits per heavy atom. The van der Waals surface area contributed by atoms with Crippen molar-refractivity contribution in [2.75, 3.05) is 6.54 Å². The molecule has 6 heteroatoms. The summed E-state index contributed by atoms with van der Waals surface area (Å²) in [4.78, 5) is 25.9. The van der Waals surface area contributed by atoms with Crippen LogP contribution in [0.2, 0.25) is 5.02 Å². The third-order valence-corrected chi connectivity index (χ3v) is 4.08. The van der Waals surface area contributed by atoms with Crippen LogP contribution in [0.15, 0.2) is 41.0 Å². The monoisotopic (exact) mass is 333 g/mol. The van der Waals surface area contributed by atoms with Gasteiger partial charge in [0.25, 0.3) is 0 Å². The predicted molar refractivity (Wildman–Crippen MR) is 84.1 cm³/mol. The lowest BCUT2D eigenvalue weighted by Crippen LogP contribution is -2.27. The molecule has 1 aromatic carbocycles. The second-order valence-corrected chi connectivity index (χ2v) is 6.02. The molecule has 1 aliphatic rings. The summed E-state index contributed by atoms with van der Waals surface area (Å²) in [7, 11) is 0. The van der Waals surface area contributed by atoms with E-state index in [0.29, 0.717) is 29.6 Å². The normalized spacial score (nSPS) is 17.6. The van der Waals surface area contributed by atoms with Crippen LogP contribution in [0, 0.1) is 12.8 Å². The number of halogens is 1. The lowest BCUT2D eigenvalue weighted by molar-refractivity contribution is -0.139. The van der Waals surface area contributed by atoms with Crippen LogP contribution in [0.4, 0.5) is 0 Å². The largest absolute Gasteiger partial charge is 0.467 e. The van der Waals surface area contributed by atoms with Gasteiger partial charge in [-0.05, 0) is 36.8 Å². The Bertz CT molecular complexity index is 726. The molecule has 1 atom stereocenters. The highest BCUT2D eigenvalue weighted by Gasteiger charge is 2.36. The highest BCUT2D eigenvalue weighted by Crippen LogP contribution is 2.28. The number of amides is 1. The zero-order chi connectivity index (χ0) is 16.4. The van der Waals surface area contributed by atoms with Crippen LogP contribution in [0.1, 0.15) is 17.7 Å². The number of hydrogen-bond donors (Lipinski definition) is 0. The fourth-order valence-electron chi connectivity index (χ4n) is 2.55. The van der Waals surface area contributed by atoms with E-state index in [2.05, 4.69) is 0 Å². The molecule has 0 spiro atoms. The number of nitrogens with zero attached hydrogens (tertiary/aromatic N) is 1. The average Bonchev–Trinajstić information content (AvgIpc) is 3.14. The van der Waals surface area contributed by atoms with Gasteiger partial charge in [0.05, 0.1) is 23.7 Å². The van der Waals surface area contributed by atoms with Crippen LogP contribution < -0.4 is 4.74 Å². The van der Waals surface area contributed by atoms with Gasteiger partial charge in [0, 0.05) is 13.0 Å². The van der Waals surface area contributed by atoms with Crippen LogP contribution in [-0.2, 0) is 16.1 Å². The second-order valence-electron chi connectivity index (χ2n) is 5.61. The van der Waals surface area contributed by atoms with E-state index in [1.165, 1.54) is 0 Å². The Kier molecular flexibility index (Phi) is 4.39. The van der Waals surface area contributed by atoms with E-state index in [1.54, 1.807) is 35.4 Å². The summed E-state index contributed by atoms with van der Waals surface area (Å²) in [5, 5.41) is 0.376. The van der Waals surface area contributed by atoms with Crippen LogP contribution in [0.25, 0.3) is 0 Å². The zero-order valence-corrected chi connectivity index (χ0v) is 13.4. The lowest BCUT2D eigenvalue weighted by Gasteiger charge is -2.15. The summed E-state index contributed by atoms with van der Waals surface area (Å²) in [6, 6.07) is 8.79. The van der Waals surface area contributed by atoms with Gasteiger partial charge in [-0.1, -0.05) is 17.7 Å². The Hall–Kier alpha value is -2.27. The van der Waals surface area contributed by atoms with Crippen molar-refractivity contribution in [2.24, 2.45) is 5.92 Å². The molecule has 1 unspecified atom stereocenters. The first-order valence-electron chi connectivity index (χ1n) is 7.31. The van der Waals surface area contributed by atoms with Crippen molar-refractivity contribution in [2.45, 2.75) is 19.9 Å². The molecule has 3 rings (SSSR count). The van der Waals surface area contributed by atoms with Gasteiger partial charge < -0.3 is 14.1 Å². The Balaban J connectivity index is 1.64. The van der Waals surface area contributed by atoms with E-state index in [4.69, 9.17) is 20.8 Å². The molecule has 0 radical (unpaired) electrons. The number of benzene rings is 1. The molecular formula is C17H16ClNO4. The third-order valence-electron chi connectivity index (χ3n) is 3.77. The molecule has 1 saturated heterocycles. The van der Waals surface area contributed by atoms with Gasteiger partial charge in [0.2, 0.25) is 5.91 Å². The molecule has 1 amide bonds. The standard InChI is InChI=1S/C17H16ClNO4/c1-11-4-5-14(18)15(7-11)23-17(21)12-8-16(20)19(9-12)10-13-3-2-6-22-13/h2-7,12H,8-10H2,1H3. The Labute approximate surface area is 138 Å². The molecule has 0 bridgehead atoms. The van der Waals surface area contributed by atoms with Gasteiger partial charge in [-0.15, -0.1) is 0 Å². The molecule has 0 saturated carbocycles. The van der Waals surface area contributed by atoms with Gasteiger partial charge in [-0.2, -0.15) is 0 Å². The number of aryl methyl sites for hydroxylation is 1. The molecule has 23 heavy (non-hydrogen) atoms. The van der Waals surface area contributed by atoms with Gasteiger partial charge in [0.15, 0.2) is 0 Å². The van der Waals surface area contributed by atoms with Gasteiger partial charge >= 0.3 is 5.97 Å². The average molecular weight is 334 g/mol. The maximum Gasteiger partial charge on any atom is 0.316 e. The van der Waals surface area contributed by atoms with Crippen LogP contribution in [0.3, 0.4) is 0 Å². The summed E-state index contributed by atoms with van der Waals surface area (Å²) in [5.41, 5.74) is 0.944. The van der Waals surface area contributed by atoms with Crippen LogP contribution in [0.5, 0.6) is 5.75 Å². The number of furan rings is 1. The van der Waals surface area contributed by atoms with Crippen LogP contribution >= 0.6 is 11.6 Å². The molecule has 120 valence electrons. The van der Waals surface area contributed by atoms with E-state index in [1.807, 2.05) is 13.0 Å². The number of ether oxygens (including phenoxy) is 1. The summed E-state index contributed by atoms with van der Waals surface area (Å²) >= 11 is 6.03. The Morgan fingerprint density at radius 1 is 1.43 bits per heavy atom. The summed E-state index contributed by atoms with van der Waals surface area (Å²) in [6.45, 7) is 2.57. The third kappa shape index (κ3) is 3.56. The molecule has 1 aliphatic heterocycles. The first-order valence-corrected chi connectivity index (χ1v) is 7.68. The molecule has 0 aliphatic carbocycles. The molecule has 0 N–H and O–H groups in total. The van der Waals surface area contributed by atoms with Crippen molar-refractivity contribution in [1.29, 1.82) is 0 Å². The maximum atomic E-state index is 12.3. The van der Waals surface area contributed by atoms with E-state index in [9.17, 15) is 9.59 Å². The van der Waals surface area contributed by atoms with Gasteiger partial charge in [0.1, 0.15) is 11.5 Å². The van der Waals surface area contributed by atoms with Crippen molar-refractivity contribution in [3.05, 3.63) is 52.9 Å². The van der Waals surface area contributed by atoms with Gasteiger partial charge in [-0.3, -0.25) is 9.59 Å². The fraction of sp³-hybridized carbons (Fsp3) is 0.294. The fourth-order valence-corrected chi connectivity index (χ4v) is 2.71. The molecule has 1 fully saturated rings. The van der Waals surface area contributed by atoms with Crippen molar-refractivity contribution in [3.63, 3.8) is 0 Å². The number of carbonyl (C=O) groups excluding carboxylic acids is 2. The number of rotatable bonds is 4. The quantitative estimate of drug-likeness (QED) is 0.637. The summed E-state index contributed by atoms with van der Waals surface area (Å²) in [6.07, 6.45) is 1.70. The van der Waals surface area contributed by atoms with E-state index in [0.717, 1.165) is 5.56 Å². The number of hydrogen-bond acceptors (Lipinski definition) is 4. The topological polar surface area (TPSA) is 59.8 Å². The highest BCUT2D eigenvalue weighted by atomic mass is 35.5. The predicted octanol–water partition coefficient (Wildman–Crippen LogP) is 3.20. The minimum atomic E-state index is -0.492. The minimum Gasteiger partial charge on any atom is -0.467 e. The van der Waals surface area contributed by atoms with Crippen molar-refractivity contribution < 1.29 is 18.7 Å². The summed E-state index contributed by atoms with van der Waals surface area (Å²) < 4.78 is 10.6. The molecular weight excluding hydrogens is 318 g/mol. The van der Waals surface area contributed by atoms with Crippen molar-refractivity contribution in [1.82, 2.24) is 4.90 Å². The number of esters is 1. The molecule has 1 aromatic heterocycles. The van der Waals surface area contributed by atoms with Crippen molar-refractivity contribution in [3.8, 4) is 5.75 Å². The summed E-state index contributed by atoms with van der Waals surface area (Å²) in [5.74, 6) is 0.00298. The van der Waals surface area contributed by atoms with E-state index in [-0.39, 0.29) is 12.3 Å². The Morgan fingerprint density at radius 3 is 3.00 bits per heavy atom. The SMILES string of the molecule is Cc1ccc(Cl)c(OC(=O)C2CC(=O)N(Cc3ccco3)C2)c1. The lowest BCUT2D eigenvalue weighted by atomic mass is 10.1. The maximum absolute atomic E-state index is 12.3. The first-order chi connectivity index (χ1) is 11.0. The smallest absolute Gasteiger partial charge is 0.316 e. The van der Waals surface area contributed by atoms with Crippen molar-refractivity contribution >= 4 is 23.5 Å².